The van der Waals surface area contributed by atoms with Gasteiger partial charge < -0.3 is 10.5 Å². The van der Waals surface area contributed by atoms with Gasteiger partial charge in [0.05, 0.1) is 6.61 Å². The summed E-state index contributed by atoms with van der Waals surface area (Å²) in [6, 6.07) is 1.50. The zero-order valence-electron chi connectivity index (χ0n) is 10.6. The van der Waals surface area contributed by atoms with Crippen molar-refractivity contribution in [3.8, 4) is 0 Å². The van der Waals surface area contributed by atoms with E-state index in [4.69, 9.17) is 10.5 Å². The van der Waals surface area contributed by atoms with Gasteiger partial charge in [0, 0.05) is 31.8 Å². The minimum atomic E-state index is 0.372. The van der Waals surface area contributed by atoms with Crippen LogP contribution in [0.2, 0.25) is 0 Å². The number of piperidine rings is 1. The van der Waals surface area contributed by atoms with Gasteiger partial charge in [-0.3, -0.25) is 4.90 Å². The third-order valence-electron chi connectivity index (χ3n) is 3.98. The minimum absolute atomic E-state index is 0.372. The minimum Gasteiger partial charge on any atom is -0.383 e. The Morgan fingerprint density at radius 3 is 2.67 bits per heavy atom. The van der Waals surface area contributed by atoms with Gasteiger partial charge in [-0.05, 0) is 25.7 Å². The Morgan fingerprint density at radius 1 is 1.47 bits per heavy atom. The van der Waals surface area contributed by atoms with E-state index in [0.717, 1.165) is 26.0 Å². The first-order chi connectivity index (χ1) is 7.11. The molecule has 1 fully saturated rings. The molecule has 1 saturated heterocycles. The van der Waals surface area contributed by atoms with Crippen molar-refractivity contribution in [2.24, 2.45) is 11.7 Å². The fourth-order valence-corrected chi connectivity index (χ4v) is 2.58. The summed E-state index contributed by atoms with van der Waals surface area (Å²) in [5.74, 6) is 0.588. The van der Waals surface area contributed by atoms with Crippen LogP contribution in [0.4, 0.5) is 0 Å². The molecule has 3 nitrogen and oxygen atoms in total. The zero-order chi connectivity index (χ0) is 11.4. The maximum Gasteiger partial charge on any atom is 0.0618 e. The van der Waals surface area contributed by atoms with Crippen molar-refractivity contribution in [1.29, 1.82) is 0 Å². The molecule has 0 aromatic heterocycles. The monoisotopic (exact) mass is 214 g/mol. The molecule has 4 unspecified atom stereocenters. The van der Waals surface area contributed by atoms with Crippen molar-refractivity contribution in [3.63, 3.8) is 0 Å². The topological polar surface area (TPSA) is 38.5 Å². The summed E-state index contributed by atoms with van der Waals surface area (Å²) < 4.78 is 5.29. The van der Waals surface area contributed by atoms with Gasteiger partial charge in [-0.1, -0.05) is 13.8 Å². The van der Waals surface area contributed by atoms with Crippen molar-refractivity contribution >= 4 is 0 Å². The quantitative estimate of drug-likeness (QED) is 0.770. The van der Waals surface area contributed by atoms with Crippen LogP contribution in [0.1, 0.15) is 33.6 Å². The third-order valence-corrected chi connectivity index (χ3v) is 3.98. The first kappa shape index (κ1) is 12.9. The van der Waals surface area contributed by atoms with E-state index in [2.05, 4.69) is 25.7 Å². The number of nitrogens with zero attached hydrogens (tertiary/aromatic N) is 1. The molecule has 1 aliphatic rings. The van der Waals surface area contributed by atoms with Crippen LogP contribution in [0.15, 0.2) is 0 Å². The van der Waals surface area contributed by atoms with E-state index in [1.807, 2.05) is 0 Å². The van der Waals surface area contributed by atoms with Gasteiger partial charge in [0.1, 0.15) is 0 Å². The molecule has 1 aliphatic heterocycles. The first-order valence-electron chi connectivity index (χ1n) is 6.12. The molecule has 0 aromatic rings. The van der Waals surface area contributed by atoms with Gasteiger partial charge in [0.2, 0.25) is 0 Å². The van der Waals surface area contributed by atoms with Crippen LogP contribution < -0.4 is 5.73 Å². The smallest absolute Gasteiger partial charge is 0.0618 e. The van der Waals surface area contributed by atoms with Crippen LogP contribution in [0.25, 0.3) is 0 Å². The molecule has 1 rings (SSSR count). The molecule has 0 radical (unpaired) electrons. The number of nitrogens with two attached hydrogens (primary N) is 1. The number of methoxy groups -OCH3 is 1. The van der Waals surface area contributed by atoms with E-state index in [-0.39, 0.29) is 0 Å². The van der Waals surface area contributed by atoms with Crippen LogP contribution in [0.5, 0.6) is 0 Å². The zero-order valence-corrected chi connectivity index (χ0v) is 10.6. The number of ether oxygens (including phenoxy) is 1. The molecular formula is C12H26N2O. The van der Waals surface area contributed by atoms with Crippen molar-refractivity contribution in [2.75, 3.05) is 20.3 Å². The summed E-state index contributed by atoms with van der Waals surface area (Å²) in [6.45, 7) is 8.75. The van der Waals surface area contributed by atoms with Crippen molar-refractivity contribution < 1.29 is 4.74 Å². The van der Waals surface area contributed by atoms with E-state index in [9.17, 15) is 0 Å². The van der Waals surface area contributed by atoms with Crippen LogP contribution in [-0.4, -0.2) is 43.3 Å². The Morgan fingerprint density at radius 2 is 2.13 bits per heavy atom. The maximum atomic E-state index is 6.09. The molecule has 2 N–H and O–H groups in total. The molecule has 1 heterocycles. The second-order valence-electron chi connectivity index (χ2n) is 4.81. The van der Waals surface area contributed by atoms with Gasteiger partial charge in [0.15, 0.2) is 0 Å². The normalized spacial score (nSPS) is 35.4. The Bertz CT molecular complexity index is 184. The highest BCUT2D eigenvalue weighted by Crippen LogP contribution is 2.25. The summed E-state index contributed by atoms with van der Waals surface area (Å²) in [7, 11) is 1.78. The molecule has 15 heavy (non-hydrogen) atoms. The van der Waals surface area contributed by atoms with Gasteiger partial charge >= 0.3 is 0 Å². The Balaban J connectivity index is 2.60. The maximum absolute atomic E-state index is 6.09. The highest BCUT2D eigenvalue weighted by atomic mass is 16.5. The molecule has 0 aromatic carbocycles. The lowest BCUT2D eigenvalue weighted by atomic mass is 9.86. The van der Waals surface area contributed by atoms with Gasteiger partial charge in [0.25, 0.3) is 0 Å². The van der Waals surface area contributed by atoms with Gasteiger partial charge in [-0.25, -0.2) is 0 Å². The van der Waals surface area contributed by atoms with Crippen LogP contribution in [0, 0.1) is 5.92 Å². The molecule has 0 amide bonds. The first-order valence-corrected chi connectivity index (χ1v) is 6.12. The lowest BCUT2D eigenvalue weighted by Gasteiger charge is -2.45. The molecule has 0 spiro atoms. The Labute approximate surface area is 94.0 Å². The van der Waals surface area contributed by atoms with Gasteiger partial charge in [-0.15, -0.1) is 0 Å². The van der Waals surface area contributed by atoms with Crippen molar-refractivity contribution in [3.05, 3.63) is 0 Å². The lowest BCUT2D eigenvalue weighted by Crippen LogP contribution is -2.56. The molecule has 0 saturated carbocycles. The molecule has 4 atom stereocenters. The number of hydrogen-bond donors (Lipinski definition) is 1. The summed E-state index contributed by atoms with van der Waals surface area (Å²) in [6.07, 6.45) is 2.27. The molecule has 90 valence electrons. The van der Waals surface area contributed by atoms with E-state index in [1.165, 1.54) is 0 Å². The van der Waals surface area contributed by atoms with Crippen LogP contribution in [-0.2, 0) is 4.74 Å². The fourth-order valence-electron chi connectivity index (χ4n) is 2.58. The highest BCUT2D eigenvalue weighted by molar-refractivity contribution is 4.89. The molecular weight excluding hydrogens is 188 g/mol. The van der Waals surface area contributed by atoms with Gasteiger partial charge in [-0.2, -0.15) is 0 Å². The van der Waals surface area contributed by atoms with E-state index in [0.29, 0.717) is 24.0 Å². The SMILES string of the molecule is CCC(COC)N1CCC(N)C(C)C1C. The molecule has 0 aliphatic carbocycles. The Hall–Kier alpha value is -0.120. The average molecular weight is 214 g/mol. The standard InChI is InChI=1S/C12H26N2O/c1-5-11(8-15-4)14-7-6-12(13)9(2)10(14)3/h9-12H,5-8,13H2,1-4H3. The highest BCUT2D eigenvalue weighted by Gasteiger charge is 2.33. The van der Waals surface area contributed by atoms with E-state index in [1.54, 1.807) is 7.11 Å². The van der Waals surface area contributed by atoms with E-state index < -0.39 is 0 Å². The number of rotatable bonds is 4. The van der Waals surface area contributed by atoms with Crippen molar-refractivity contribution in [1.82, 2.24) is 4.90 Å². The second kappa shape index (κ2) is 5.83. The Kier molecular flexibility index (Phi) is 5.03. The summed E-state index contributed by atoms with van der Waals surface area (Å²) in [5, 5.41) is 0. The summed E-state index contributed by atoms with van der Waals surface area (Å²) >= 11 is 0. The van der Waals surface area contributed by atoms with Crippen LogP contribution >= 0.6 is 0 Å². The largest absolute Gasteiger partial charge is 0.383 e. The molecule has 0 bridgehead atoms. The summed E-state index contributed by atoms with van der Waals surface area (Å²) in [4.78, 5) is 2.57. The van der Waals surface area contributed by atoms with Crippen molar-refractivity contribution in [2.45, 2.75) is 51.7 Å². The third kappa shape index (κ3) is 2.92. The lowest BCUT2D eigenvalue weighted by molar-refractivity contribution is 0.0163. The average Bonchev–Trinajstić information content (AvgIpc) is 2.24. The summed E-state index contributed by atoms with van der Waals surface area (Å²) in [5.41, 5.74) is 6.09. The predicted octanol–water partition coefficient (Wildman–Crippen LogP) is 1.47. The number of hydrogen-bond acceptors (Lipinski definition) is 3. The fraction of sp³-hybridized carbons (Fsp3) is 1.00. The number of likely N-dealkylation sites (tertiary alicyclic amines) is 1. The predicted molar refractivity (Wildman–Crippen MR) is 63.9 cm³/mol. The van der Waals surface area contributed by atoms with Crippen LogP contribution in [0.3, 0.4) is 0 Å². The molecule has 3 heteroatoms. The van der Waals surface area contributed by atoms with E-state index >= 15 is 0 Å². The second-order valence-corrected chi connectivity index (χ2v) is 4.81.